The number of benzene rings is 2. The molecule has 1 aliphatic heterocycles. The van der Waals surface area contributed by atoms with Gasteiger partial charge in [-0.05, 0) is 54.4 Å². The molecular formula is C22H15ClFNO3S. The normalized spacial score (nSPS) is 14.2. The third-order valence-electron chi connectivity index (χ3n) is 4.59. The van der Waals surface area contributed by atoms with Crippen LogP contribution in [-0.4, -0.2) is 11.8 Å². The van der Waals surface area contributed by atoms with E-state index < -0.39 is 17.6 Å². The van der Waals surface area contributed by atoms with Crippen LogP contribution in [0.4, 0.5) is 10.1 Å². The van der Waals surface area contributed by atoms with E-state index in [-0.39, 0.29) is 10.5 Å². The van der Waals surface area contributed by atoms with Gasteiger partial charge in [-0.1, -0.05) is 29.8 Å². The summed E-state index contributed by atoms with van der Waals surface area (Å²) in [5, 5.41) is 0.461. The van der Waals surface area contributed by atoms with Gasteiger partial charge in [0.15, 0.2) is 0 Å². The molecule has 3 aromatic rings. The van der Waals surface area contributed by atoms with Crippen LogP contribution in [0.3, 0.4) is 0 Å². The Hall–Kier alpha value is -2.83. The molecule has 0 saturated heterocycles. The Bertz CT molecular complexity index is 1120. The zero-order chi connectivity index (χ0) is 20.5. The number of anilines is 1. The molecule has 1 aromatic heterocycles. The van der Waals surface area contributed by atoms with Crippen molar-refractivity contribution < 1.29 is 18.4 Å². The van der Waals surface area contributed by atoms with Gasteiger partial charge in [0.1, 0.15) is 11.6 Å². The van der Waals surface area contributed by atoms with Crippen molar-refractivity contribution in [3.63, 3.8) is 0 Å². The summed E-state index contributed by atoms with van der Waals surface area (Å²) in [7, 11) is 0. The van der Waals surface area contributed by atoms with Crippen LogP contribution in [0.5, 0.6) is 0 Å². The Morgan fingerprint density at radius 2 is 1.79 bits per heavy atom. The lowest BCUT2D eigenvalue weighted by atomic mass is 10.1. The maximum absolute atomic E-state index is 13.4. The molecule has 1 aliphatic rings. The van der Waals surface area contributed by atoms with Crippen molar-refractivity contribution in [1.29, 1.82) is 0 Å². The maximum Gasteiger partial charge on any atom is 0.272 e. The summed E-state index contributed by atoms with van der Waals surface area (Å²) >= 11 is 7.42. The first-order valence-corrected chi connectivity index (χ1v) is 10.1. The van der Waals surface area contributed by atoms with Gasteiger partial charge in [-0.2, -0.15) is 0 Å². The van der Waals surface area contributed by atoms with E-state index in [0.717, 1.165) is 4.90 Å². The van der Waals surface area contributed by atoms with E-state index in [1.807, 2.05) is 0 Å². The molecule has 0 bridgehead atoms. The molecule has 2 heterocycles. The molecule has 2 amide bonds. The van der Waals surface area contributed by atoms with Crippen LogP contribution in [0.25, 0.3) is 5.57 Å². The number of hydrogen-bond donors (Lipinski definition) is 0. The number of amides is 2. The number of carbonyl (C=O) groups excluding carboxylic acids is 2. The lowest BCUT2D eigenvalue weighted by Gasteiger charge is -2.18. The number of nitrogens with zero attached hydrogens (tertiary/aromatic N) is 1. The van der Waals surface area contributed by atoms with E-state index in [1.165, 1.54) is 36.0 Å². The molecule has 0 saturated carbocycles. The van der Waals surface area contributed by atoms with Crippen LogP contribution in [-0.2, 0) is 15.3 Å². The van der Waals surface area contributed by atoms with Gasteiger partial charge in [-0.3, -0.25) is 9.59 Å². The molecule has 0 unspecified atom stereocenters. The van der Waals surface area contributed by atoms with Gasteiger partial charge >= 0.3 is 0 Å². The van der Waals surface area contributed by atoms with Gasteiger partial charge < -0.3 is 4.42 Å². The Morgan fingerprint density at radius 1 is 1.03 bits per heavy atom. The minimum atomic E-state index is -0.464. The smallest absolute Gasteiger partial charge is 0.272 e. The average Bonchev–Trinajstić information content (AvgIpc) is 3.30. The van der Waals surface area contributed by atoms with Crippen LogP contribution >= 0.6 is 23.4 Å². The molecule has 2 aromatic carbocycles. The van der Waals surface area contributed by atoms with E-state index in [1.54, 1.807) is 43.5 Å². The van der Waals surface area contributed by atoms with Crippen molar-refractivity contribution in [3.8, 4) is 0 Å². The summed E-state index contributed by atoms with van der Waals surface area (Å²) in [5.74, 6) is -0.253. The van der Waals surface area contributed by atoms with Crippen LogP contribution < -0.4 is 4.90 Å². The van der Waals surface area contributed by atoms with Crippen molar-refractivity contribution in [2.24, 2.45) is 0 Å². The molecule has 29 heavy (non-hydrogen) atoms. The summed E-state index contributed by atoms with van der Waals surface area (Å²) in [4.78, 5) is 28.0. The topological polar surface area (TPSA) is 50.5 Å². The average molecular weight is 428 g/mol. The van der Waals surface area contributed by atoms with Crippen molar-refractivity contribution in [2.75, 3.05) is 4.90 Å². The van der Waals surface area contributed by atoms with Gasteiger partial charge in [0, 0.05) is 5.02 Å². The van der Waals surface area contributed by atoms with Crippen molar-refractivity contribution >= 4 is 46.4 Å². The Morgan fingerprint density at radius 3 is 2.48 bits per heavy atom. The highest BCUT2D eigenvalue weighted by atomic mass is 35.5. The number of furan rings is 1. The summed E-state index contributed by atoms with van der Waals surface area (Å²) < 4.78 is 18.7. The first kappa shape index (κ1) is 19.5. The highest BCUT2D eigenvalue weighted by Gasteiger charge is 2.41. The van der Waals surface area contributed by atoms with Crippen LogP contribution in [0, 0.1) is 12.7 Å². The maximum atomic E-state index is 13.4. The predicted molar refractivity (Wildman–Crippen MR) is 112 cm³/mol. The molecule has 0 fully saturated rings. The summed E-state index contributed by atoms with van der Waals surface area (Å²) in [6, 6.07) is 14.2. The Kier molecular flexibility index (Phi) is 5.30. The van der Waals surface area contributed by atoms with Gasteiger partial charge in [-0.25, -0.2) is 9.29 Å². The summed E-state index contributed by atoms with van der Waals surface area (Å²) in [6.45, 7) is 1.75. The van der Waals surface area contributed by atoms with Gasteiger partial charge in [0.25, 0.3) is 11.8 Å². The van der Waals surface area contributed by atoms with E-state index >= 15 is 0 Å². The molecule has 0 radical (unpaired) electrons. The molecule has 7 heteroatoms. The number of carbonyl (C=O) groups is 2. The number of halogens is 2. The van der Waals surface area contributed by atoms with Crippen molar-refractivity contribution in [2.45, 2.75) is 12.7 Å². The standard InChI is InChI=1S/C22H15ClFNO3S/c1-13-17(23)5-2-6-18(13)25-21(26)19(14-7-9-15(24)10-8-14)20(22(25)27)29-12-16-4-3-11-28-16/h2-11H,12H2,1H3. The number of hydrogen-bond acceptors (Lipinski definition) is 4. The molecule has 0 atom stereocenters. The van der Waals surface area contributed by atoms with Crippen LogP contribution in [0.1, 0.15) is 16.9 Å². The highest BCUT2D eigenvalue weighted by Crippen LogP contribution is 2.41. The van der Waals surface area contributed by atoms with Gasteiger partial charge in [0.2, 0.25) is 0 Å². The predicted octanol–water partition coefficient (Wildman–Crippen LogP) is 5.60. The molecule has 0 spiro atoms. The Labute approximate surface area is 176 Å². The molecular weight excluding hydrogens is 413 g/mol. The van der Waals surface area contributed by atoms with E-state index in [0.29, 0.717) is 33.4 Å². The fourth-order valence-corrected chi connectivity index (χ4v) is 4.29. The SMILES string of the molecule is Cc1c(Cl)cccc1N1C(=O)C(SCc2ccco2)=C(c2ccc(F)cc2)C1=O. The van der Waals surface area contributed by atoms with E-state index in [2.05, 4.69) is 0 Å². The monoisotopic (exact) mass is 427 g/mol. The number of rotatable bonds is 5. The third kappa shape index (κ3) is 3.61. The van der Waals surface area contributed by atoms with E-state index in [4.69, 9.17) is 16.0 Å². The summed E-state index contributed by atoms with van der Waals surface area (Å²) in [5.41, 5.74) is 1.78. The number of imide groups is 1. The third-order valence-corrected chi connectivity index (χ3v) is 6.10. The molecule has 0 aliphatic carbocycles. The van der Waals surface area contributed by atoms with Gasteiger partial charge in [-0.15, -0.1) is 11.8 Å². The van der Waals surface area contributed by atoms with Crippen molar-refractivity contribution in [1.82, 2.24) is 0 Å². The largest absolute Gasteiger partial charge is 0.468 e. The fourth-order valence-electron chi connectivity index (χ4n) is 3.11. The number of thioether (sulfide) groups is 1. The minimum Gasteiger partial charge on any atom is -0.468 e. The molecule has 4 nitrogen and oxygen atoms in total. The highest BCUT2D eigenvalue weighted by molar-refractivity contribution is 8.03. The lowest BCUT2D eigenvalue weighted by Crippen LogP contribution is -2.32. The second-order valence-corrected chi connectivity index (χ2v) is 7.80. The van der Waals surface area contributed by atoms with Crippen LogP contribution in [0.2, 0.25) is 5.02 Å². The molecule has 146 valence electrons. The van der Waals surface area contributed by atoms with Crippen LogP contribution in [0.15, 0.2) is 70.2 Å². The zero-order valence-electron chi connectivity index (χ0n) is 15.3. The Balaban J connectivity index is 1.78. The van der Waals surface area contributed by atoms with Gasteiger partial charge in [0.05, 0.1) is 28.2 Å². The fraction of sp³-hybridized carbons (Fsp3) is 0.0909. The zero-order valence-corrected chi connectivity index (χ0v) is 16.9. The first-order valence-electron chi connectivity index (χ1n) is 8.76. The second kappa shape index (κ2) is 7.89. The van der Waals surface area contributed by atoms with E-state index in [9.17, 15) is 14.0 Å². The molecule has 4 rings (SSSR count). The summed E-state index contributed by atoms with van der Waals surface area (Å²) in [6.07, 6.45) is 1.55. The second-order valence-electron chi connectivity index (χ2n) is 6.41. The quantitative estimate of drug-likeness (QED) is 0.497. The van der Waals surface area contributed by atoms with Crippen molar-refractivity contribution in [3.05, 3.63) is 93.5 Å². The minimum absolute atomic E-state index is 0.242. The molecule has 0 N–H and O–H groups in total. The first-order chi connectivity index (χ1) is 14.0. The lowest BCUT2D eigenvalue weighted by molar-refractivity contribution is -0.119.